The van der Waals surface area contributed by atoms with Crippen LogP contribution in [0.5, 0.6) is 17.2 Å². The zero-order valence-electron chi connectivity index (χ0n) is 13.9. The largest absolute Gasteiger partial charge is 0.497 e. The third-order valence-corrected chi connectivity index (χ3v) is 3.74. The Labute approximate surface area is 144 Å². The van der Waals surface area contributed by atoms with Gasteiger partial charge in [0.1, 0.15) is 17.2 Å². The van der Waals surface area contributed by atoms with Crippen LogP contribution in [-0.2, 0) is 11.3 Å². The van der Waals surface area contributed by atoms with Crippen molar-refractivity contribution >= 4 is 17.5 Å². The maximum atomic E-state index is 12.4. The summed E-state index contributed by atoms with van der Waals surface area (Å²) in [5.41, 5.74) is 1.88. The van der Waals surface area contributed by atoms with Gasteiger partial charge in [0, 0.05) is 18.2 Å². The molecule has 0 spiro atoms. The van der Waals surface area contributed by atoms with E-state index in [4.69, 9.17) is 14.2 Å². The Bertz CT molecular complexity index is 797. The van der Waals surface area contributed by atoms with E-state index in [0.29, 0.717) is 35.0 Å². The molecule has 0 aromatic heterocycles. The summed E-state index contributed by atoms with van der Waals surface area (Å²) >= 11 is 0. The quantitative estimate of drug-likeness (QED) is 0.868. The van der Waals surface area contributed by atoms with Crippen LogP contribution in [0.2, 0.25) is 0 Å². The third kappa shape index (κ3) is 3.82. The fourth-order valence-corrected chi connectivity index (χ4v) is 2.46. The molecule has 0 aliphatic carbocycles. The summed E-state index contributed by atoms with van der Waals surface area (Å²) in [6.07, 6.45) is 0. The second-order valence-corrected chi connectivity index (χ2v) is 5.45. The normalized spacial score (nSPS) is 12.5. The van der Waals surface area contributed by atoms with E-state index in [2.05, 4.69) is 10.6 Å². The van der Waals surface area contributed by atoms with Crippen LogP contribution in [0, 0.1) is 0 Å². The fourth-order valence-electron chi connectivity index (χ4n) is 2.46. The highest BCUT2D eigenvalue weighted by atomic mass is 16.5. The fraction of sp³-hybridized carbons (Fsp3) is 0.222. The summed E-state index contributed by atoms with van der Waals surface area (Å²) in [5.74, 6) is 1.25. The molecule has 2 aromatic carbocycles. The first-order valence-electron chi connectivity index (χ1n) is 7.66. The zero-order chi connectivity index (χ0) is 17.8. The summed E-state index contributed by atoms with van der Waals surface area (Å²) in [6, 6.07) is 10.4. The van der Waals surface area contributed by atoms with Gasteiger partial charge in [-0.2, -0.15) is 0 Å². The summed E-state index contributed by atoms with van der Waals surface area (Å²) in [5, 5.41) is 5.57. The first kappa shape index (κ1) is 16.6. The van der Waals surface area contributed by atoms with Crippen molar-refractivity contribution in [1.82, 2.24) is 5.32 Å². The van der Waals surface area contributed by atoms with Crippen LogP contribution in [0.3, 0.4) is 0 Å². The number of fused-ring (bicyclic) bond motifs is 1. The van der Waals surface area contributed by atoms with Gasteiger partial charge in [0.15, 0.2) is 6.61 Å². The van der Waals surface area contributed by atoms with Gasteiger partial charge in [-0.3, -0.25) is 9.59 Å². The monoisotopic (exact) mass is 342 g/mol. The molecular weight excluding hydrogens is 324 g/mol. The molecular formula is C18H18N2O5. The van der Waals surface area contributed by atoms with Crippen LogP contribution in [0.25, 0.3) is 0 Å². The molecule has 3 rings (SSSR count). The zero-order valence-corrected chi connectivity index (χ0v) is 13.9. The predicted molar refractivity (Wildman–Crippen MR) is 91.3 cm³/mol. The molecule has 1 heterocycles. The van der Waals surface area contributed by atoms with E-state index in [-0.39, 0.29) is 18.4 Å². The van der Waals surface area contributed by atoms with Crippen molar-refractivity contribution in [1.29, 1.82) is 0 Å². The van der Waals surface area contributed by atoms with Crippen molar-refractivity contribution < 1.29 is 23.8 Å². The molecule has 0 bridgehead atoms. The summed E-state index contributed by atoms with van der Waals surface area (Å²) < 4.78 is 15.6. The molecule has 1 aliphatic heterocycles. The van der Waals surface area contributed by atoms with Crippen molar-refractivity contribution in [3.63, 3.8) is 0 Å². The first-order valence-corrected chi connectivity index (χ1v) is 7.66. The average molecular weight is 342 g/mol. The van der Waals surface area contributed by atoms with E-state index < -0.39 is 0 Å². The number of amides is 2. The number of anilines is 1. The molecule has 1 aliphatic rings. The average Bonchev–Trinajstić information content (AvgIpc) is 2.65. The molecule has 0 saturated heterocycles. The highest BCUT2D eigenvalue weighted by Gasteiger charge is 2.16. The van der Waals surface area contributed by atoms with Crippen LogP contribution in [0.1, 0.15) is 15.9 Å². The van der Waals surface area contributed by atoms with Gasteiger partial charge in [-0.15, -0.1) is 0 Å². The topological polar surface area (TPSA) is 85.9 Å². The SMILES string of the molecule is COc1cc(OC)cc(C(=O)NCc2ccc3c(c2)NC(=O)CO3)c1. The molecule has 0 radical (unpaired) electrons. The van der Waals surface area contributed by atoms with Crippen LogP contribution in [0.15, 0.2) is 36.4 Å². The standard InChI is InChI=1S/C18H18N2O5/c1-23-13-6-12(7-14(8-13)24-2)18(22)19-9-11-3-4-16-15(5-11)20-17(21)10-25-16/h3-8H,9-10H2,1-2H3,(H,19,22)(H,20,21). The first-order chi connectivity index (χ1) is 12.1. The van der Waals surface area contributed by atoms with E-state index in [1.54, 1.807) is 30.3 Å². The highest BCUT2D eigenvalue weighted by molar-refractivity contribution is 5.96. The number of rotatable bonds is 5. The van der Waals surface area contributed by atoms with Crippen LogP contribution >= 0.6 is 0 Å². The Kier molecular flexibility index (Phi) is 4.74. The van der Waals surface area contributed by atoms with Crippen molar-refractivity contribution in [2.24, 2.45) is 0 Å². The number of carbonyl (C=O) groups excluding carboxylic acids is 2. The number of methoxy groups -OCH3 is 2. The third-order valence-electron chi connectivity index (χ3n) is 3.74. The maximum Gasteiger partial charge on any atom is 0.262 e. The van der Waals surface area contributed by atoms with E-state index in [1.807, 2.05) is 6.07 Å². The van der Waals surface area contributed by atoms with Gasteiger partial charge < -0.3 is 24.8 Å². The van der Waals surface area contributed by atoms with Crippen molar-refractivity contribution in [2.75, 3.05) is 26.1 Å². The number of carbonyl (C=O) groups is 2. The van der Waals surface area contributed by atoms with Crippen molar-refractivity contribution in [3.05, 3.63) is 47.5 Å². The number of hydrogen-bond acceptors (Lipinski definition) is 5. The molecule has 2 amide bonds. The summed E-state index contributed by atoms with van der Waals surface area (Å²) in [4.78, 5) is 23.8. The lowest BCUT2D eigenvalue weighted by atomic mass is 10.1. The lowest BCUT2D eigenvalue weighted by molar-refractivity contribution is -0.118. The van der Waals surface area contributed by atoms with Gasteiger partial charge in [-0.05, 0) is 29.8 Å². The lowest BCUT2D eigenvalue weighted by Crippen LogP contribution is -2.26. The van der Waals surface area contributed by atoms with E-state index >= 15 is 0 Å². The van der Waals surface area contributed by atoms with E-state index in [0.717, 1.165) is 5.56 Å². The van der Waals surface area contributed by atoms with E-state index in [1.165, 1.54) is 14.2 Å². The summed E-state index contributed by atoms with van der Waals surface area (Å²) in [7, 11) is 3.06. The van der Waals surface area contributed by atoms with Gasteiger partial charge >= 0.3 is 0 Å². The molecule has 0 unspecified atom stereocenters. The highest BCUT2D eigenvalue weighted by Crippen LogP contribution is 2.28. The number of benzene rings is 2. The minimum absolute atomic E-state index is 0.0146. The lowest BCUT2D eigenvalue weighted by Gasteiger charge is -2.18. The maximum absolute atomic E-state index is 12.4. The predicted octanol–water partition coefficient (Wildman–Crippen LogP) is 1.96. The van der Waals surface area contributed by atoms with Crippen LogP contribution in [0.4, 0.5) is 5.69 Å². The molecule has 2 N–H and O–H groups in total. The Morgan fingerprint density at radius 3 is 2.56 bits per heavy atom. The molecule has 130 valence electrons. The van der Waals surface area contributed by atoms with Gasteiger partial charge in [-0.1, -0.05) is 6.07 Å². The molecule has 7 heteroatoms. The van der Waals surface area contributed by atoms with Crippen molar-refractivity contribution in [2.45, 2.75) is 6.54 Å². The number of hydrogen-bond donors (Lipinski definition) is 2. The Balaban J connectivity index is 1.70. The molecule has 2 aromatic rings. The molecule has 25 heavy (non-hydrogen) atoms. The second-order valence-electron chi connectivity index (χ2n) is 5.45. The van der Waals surface area contributed by atoms with Gasteiger partial charge in [0.2, 0.25) is 0 Å². The molecule has 7 nitrogen and oxygen atoms in total. The summed E-state index contributed by atoms with van der Waals surface area (Å²) in [6.45, 7) is 0.322. The smallest absolute Gasteiger partial charge is 0.262 e. The van der Waals surface area contributed by atoms with Crippen LogP contribution < -0.4 is 24.8 Å². The van der Waals surface area contributed by atoms with Gasteiger partial charge in [0.05, 0.1) is 19.9 Å². The van der Waals surface area contributed by atoms with Gasteiger partial charge in [0.25, 0.3) is 11.8 Å². The molecule has 0 saturated carbocycles. The number of nitrogens with one attached hydrogen (secondary N) is 2. The number of ether oxygens (including phenoxy) is 3. The second kappa shape index (κ2) is 7.12. The minimum Gasteiger partial charge on any atom is -0.497 e. The Morgan fingerprint density at radius 2 is 1.88 bits per heavy atom. The Hall–Kier alpha value is -3.22. The van der Waals surface area contributed by atoms with E-state index in [9.17, 15) is 9.59 Å². The van der Waals surface area contributed by atoms with Gasteiger partial charge in [-0.25, -0.2) is 0 Å². The van der Waals surface area contributed by atoms with Crippen molar-refractivity contribution in [3.8, 4) is 17.2 Å². The minimum atomic E-state index is -0.254. The molecule has 0 atom stereocenters. The van der Waals surface area contributed by atoms with Crippen LogP contribution in [-0.4, -0.2) is 32.6 Å². The Morgan fingerprint density at radius 1 is 1.16 bits per heavy atom. The molecule has 0 fully saturated rings.